The summed E-state index contributed by atoms with van der Waals surface area (Å²) in [5, 5.41) is 16.2. The number of para-hydroxylation sites is 1. The van der Waals surface area contributed by atoms with Crippen molar-refractivity contribution in [3.63, 3.8) is 0 Å². The molecule has 2 aliphatic rings. The number of hydrogen-bond donors (Lipinski definition) is 3. The van der Waals surface area contributed by atoms with Crippen molar-refractivity contribution in [2.24, 2.45) is 5.10 Å². The molecule has 31 heavy (non-hydrogen) atoms. The molecule has 1 unspecified atom stereocenters. The lowest BCUT2D eigenvalue weighted by Gasteiger charge is -2.43. The van der Waals surface area contributed by atoms with Gasteiger partial charge in [0.05, 0.1) is 5.69 Å². The highest BCUT2D eigenvalue weighted by Gasteiger charge is 2.64. The first-order chi connectivity index (χ1) is 14.8. The van der Waals surface area contributed by atoms with Crippen LogP contribution in [-0.2, 0) is 14.4 Å². The molecule has 3 N–H and O–H groups in total. The van der Waals surface area contributed by atoms with Crippen LogP contribution in [-0.4, -0.2) is 55.7 Å². The number of aliphatic carboxylic acids is 1. The van der Waals surface area contributed by atoms with E-state index in [9.17, 15) is 19.5 Å². The van der Waals surface area contributed by atoms with Crippen molar-refractivity contribution >= 4 is 40.9 Å². The number of carbonyl (C=O) groups is 3. The zero-order valence-corrected chi connectivity index (χ0v) is 17.8. The number of amides is 2. The largest absolute Gasteiger partial charge is 0.480 e. The SMILES string of the molecule is CC1(C)S[C@@H]2C(NC(=O)/C(=N/Nc3ccccc3)c3ccccc3)C(=O)N2[C@H]1C(=O)O. The lowest BCUT2D eigenvalue weighted by atomic mass is 9.96. The molecule has 0 bridgehead atoms. The van der Waals surface area contributed by atoms with Crippen LogP contribution in [0.15, 0.2) is 65.8 Å². The zero-order chi connectivity index (χ0) is 22.2. The summed E-state index contributed by atoms with van der Waals surface area (Å²) in [6, 6.07) is 16.4. The Labute approximate surface area is 183 Å². The van der Waals surface area contributed by atoms with E-state index in [4.69, 9.17) is 0 Å². The topological polar surface area (TPSA) is 111 Å². The van der Waals surface area contributed by atoms with Gasteiger partial charge < -0.3 is 15.3 Å². The average molecular weight is 439 g/mol. The minimum absolute atomic E-state index is 0.132. The number of carboxylic acid groups (broad SMARTS) is 1. The number of fused-ring (bicyclic) bond motifs is 1. The second-order valence-electron chi connectivity index (χ2n) is 7.85. The Morgan fingerprint density at radius 2 is 1.68 bits per heavy atom. The second-order valence-corrected chi connectivity index (χ2v) is 9.62. The van der Waals surface area contributed by atoms with E-state index in [1.165, 1.54) is 16.7 Å². The van der Waals surface area contributed by atoms with E-state index in [-0.39, 0.29) is 5.71 Å². The van der Waals surface area contributed by atoms with Gasteiger partial charge in [-0.3, -0.25) is 15.0 Å². The smallest absolute Gasteiger partial charge is 0.327 e. The molecule has 0 saturated carbocycles. The highest BCUT2D eigenvalue weighted by atomic mass is 32.2. The van der Waals surface area contributed by atoms with Gasteiger partial charge in [0.15, 0.2) is 5.71 Å². The highest BCUT2D eigenvalue weighted by molar-refractivity contribution is 8.01. The molecular weight excluding hydrogens is 416 g/mol. The Morgan fingerprint density at radius 3 is 2.29 bits per heavy atom. The summed E-state index contributed by atoms with van der Waals surface area (Å²) in [6.45, 7) is 3.59. The molecule has 0 aliphatic carbocycles. The molecule has 2 fully saturated rings. The standard InChI is InChI=1S/C22H22N4O4S/c1-22(2)17(21(29)30)26-19(28)16(20(26)31-22)23-18(27)15(13-9-5-3-6-10-13)25-24-14-11-7-4-8-12-14/h3-12,16-17,20,24H,1-2H3,(H,23,27)(H,29,30)/b25-15+/t16?,17-,20+/m0/s1. The minimum Gasteiger partial charge on any atom is -0.480 e. The van der Waals surface area contributed by atoms with Crippen molar-refractivity contribution in [1.29, 1.82) is 0 Å². The number of β-lactam (4-membered cyclic amide) rings is 1. The number of thioether (sulfide) groups is 1. The highest BCUT2D eigenvalue weighted by Crippen LogP contribution is 2.50. The third-order valence-corrected chi connectivity index (χ3v) is 6.87. The van der Waals surface area contributed by atoms with Crippen LogP contribution in [0.4, 0.5) is 5.69 Å². The molecule has 2 aromatic rings. The van der Waals surface area contributed by atoms with Crippen LogP contribution in [0.1, 0.15) is 19.4 Å². The van der Waals surface area contributed by atoms with Gasteiger partial charge in [-0.1, -0.05) is 48.5 Å². The summed E-state index contributed by atoms with van der Waals surface area (Å²) in [6.07, 6.45) is 0. The molecule has 160 valence electrons. The molecule has 4 rings (SSSR count). The number of nitrogens with one attached hydrogen (secondary N) is 2. The number of carbonyl (C=O) groups excluding carboxylic acids is 2. The van der Waals surface area contributed by atoms with Crippen LogP contribution < -0.4 is 10.7 Å². The van der Waals surface area contributed by atoms with E-state index < -0.39 is 40.0 Å². The molecule has 2 heterocycles. The number of anilines is 1. The maximum absolute atomic E-state index is 13.1. The van der Waals surface area contributed by atoms with Gasteiger partial charge in [-0.05, 0) is 26.0 Å². The molecule has 0 spiro atoms. The van der Waals surface area contributed by atoms with Crippen molar-refractivity contribution in [3.8, 4) is 0 Å². The molecule has 8 nitrogen and oxygen atoms in total. The maximum atomic E-state index is 13.1. The van der Waals surface area contributed by atoms with Gasteiger partial charge in [-0.25, -0.2) is 4.79 Å². The van der Waals surface area contributed by atoms with Crippen LogP contribution in [0.5, 0.6) is 0 Å². The predicted octanol–water partition coefficient (Wildman–Crippen LogP) is 2.13. The van der Waals surface area contributed by atoms with E-state index in [2.05, 4.69) is 15.8 Å². The molecule has 0 radical (unpaired) electrons. The predicted molar refractivity (Wildman–Crippen MR) is 119 cm³/mol. The van der Waals surface area contributed by atoms with Crippen LogP contribution >= 0.6 is 11.8 Å². The molecule has 3 atom stereocenters. The van der Waals surface area contributed by atoms with E-state index >= 15 is 0 Å². The number of rotatable bonds is 6. The second kappa shape index (κ2) is 8.07. The number of hydrazone groups is 1. The summed E-state index contributed by atoms with van der Waals surface area (Å²) >= 11 is 1.38. The minimum atomic E-state index is -1.04. The van der Waals surface area contributed by atoms with Crippen LogP contribution in [0.2, 0.25) is 0 Å². The summed E-state index contributed by atoms with van der Waals surface area (Å²) in [7, 11) is 0. The third kappa shape index (κ3) is 3.88. The van der Waals surface area contributed by atoms with Crippen molar-refractivity contribution in [2.45, 2.75) is 36.1 Å². The molecule has 0 aromatic heterocycles. The van der Waals surface area contributed by atoms with Crippen molar-refractivity contribution in [3.05, 3.63) is 66.2 Å². The van der Waals surface area contributed by atoms with Crippen molar-refractivity contribution in [1.82, 2.24) is 10.2 Å². The fourth-order valence-electron chi connectivity index (χ4n) is 3.83. The van der Waals surface area contributed by atoms with Gasteiger partial charge in [0.25, 0.3) is 5.91 Å². The molecule has 2 saturated heterocycles. The summed E-state index contributed by atoms with van der Waals surface area (Å²) in [5.41, 5.74) is 4.31. The van der Waals surface area contributed by atoms with Crippen LogP contribution in [0, 0.1) is 0 Å². The lowest BCUT2D eigenvalue weighted by molar-refractivity contribution is -0.160. The first-order valence-electron chi connectivity index (χ1n) is 9.77. The van der Waals surface area contributed by atoms with E-state index in [0.717, 1.165) is 0 Å². The number of hydrogen-bond acceptors (Lipinski definition) is 6. The molecule has 2 aliphatic heterocycles. The fourth-order valence-corrected chi connectivity index (χ4v) is 5.46. The number of nitrogens with zero attached hydrogens (tertiary/aromatic N) is 2. The van der Waals surface area contributed by atoms with Gasteiger partial charge in [0.1, 0.15) is 17.5 Å². The zero-order valence-electron chi connectivity index (χ0n) is 17.0. The van der Waals surface area contributed by atoms with Crippen LogP contribution in [0.3, 0.4) is 0 Å². The van der Waals surface area contributed by atoms with Gasteiger partial charge in [-0.15, -0.1) is 11.8 Å². The van der Waals surface area contributed by atoms with Crippen molar-refractivity contribution < 1.29 is 19.5 Å². The van der Waals surface area contributed by atoms with E-state index in [1.54, 1.807) is 38.1 Å². The molecule has 9 heteroatoms. The summed E-state index contributed by atoms with van der Waals surface area (Å²) in [4.78, 5) is 38.8. The Kier molecular flexibility index (Phi) is 5.45. The fraction of sp³-hybridized carbons (Fsp3) is 0.273. The Balaban J connectivity index is 1.55. The number of benzene rings is 2. The normalized spacial score (nSPS) is 24.2. The molecule has 2 amide bonds. The van der Waals surface area contributed by atoms with Gasteiger partial charge in [-0.2, -0.15) is 5.10 Å². The molecule has 2 aromatic carbocycles. The summed E-state index contributed by atoms with van der Waals surface area (Å²) < 4.78 is -0.656. The number of carboxylic acids is 1. The van der Waals surface area contributed by atoms with Crippen LogP contribution in [0.25, 0.3) is 0 Å². The van der Waals surface area contributed by atoms with Gasteiger partial charge >= 0.3 is 5.97 Å². The maximum Gasteiger partial charge on any atom is 0.327 e. The monoisotopic (exact) mass is 438 g/mol. The third-order valence-electron chi connectivity index (χ3n) is 5.29. The Hall–Kier alpha value is -3.33. The summed E-state index contributed by atoms with van der Waals surface area (Å²) in [5.74, 6) is -1.95. The lowest BCUT2D eigenvalue weighted by Crippen LogP contribution is -2.71. The van der Waals surface area contributed by atoms with Crippen molar-refractivity contribution in [2.75, 3.05) is 5.43 Å². The average Bonchev–Trinajstić information content (AvgIpc) is 3.01. The first-order valence-corrected chi connectivity index (χ1v) is 10.7. The Morgan fingerprint density at radius 1 is 1.06 bits per heavy atom. The first kappa shape index (κ1) is 20.9. The quantitative estimate of drug-likeness (QED) is 0.362. The molecular formula is C22H22N4O4S. The van der Waals surface area contributed by atoms with E-state index in [1.807, 2.05) is 36.4 Å². The van der Waals surface area contributed by atoms with Gasteiger partial charge in [0, 0.05) is 10.3 Å². The Bertz CT molecular complexity index is 1040. The van der Waals surface area contributed by atoms with Gasteiger partial charge in [0.2, 0.25) is 5.91 Å². The van der Waals surface area contributed by atoms with E-state index in [0.29, 0.717) is 11.3 Å².